The molecule has 3 heteroatoms. The molecule has 0 heterocycles. The van der Waals surface area contributed by atoms with Crippen molar-refractivity contribution in [3.63, 3.8) is 0 Å². The number of rotatable bonds is 4. The molecule has 1 rings (SSSR count). The predicted octanol–water partition coefficient (Wildman–Crippen LogP) is 4.16. The summed E-state index contributed by atoms with van der Waals surface area (Å²) in [6.07, 6.45) is 5.85. The maximum Gasteiger partial charge on any atom is 0.519 e. The van der Waals surface area contributed by atoms with Gasteiger partial charge in [-0.15, -0.1) is 0 Å². The Morgan fingerprint density at radius 3 is 2.50 bits per heavy atom. The smallest absolute Gasteiger partial charge is 0.395 e. The van der Waals surface area contributed by atoms with Gasteiger partial charge in [0.25, 0.3) is 0 Å². The summed E-state index contributed by atoms with van der Waals surface area (Å²) in [7, 11) is 0. The molecule has 0 saturated carbocycles. The van der Waals surface area contributed by atoms with E-state index >= 15 is 0 Å². The van der Waals surface area contributed by atoms with Gasteiger partial charge in [-0.05, 0) is 38.1 Å². The topological polar surface area (TPSA) is 35.5 Å². The molecular formula is C15H16O3. The maximum atomic E-state index is 11.5. The number of aryl methyl sites for hydroxylation is 1. The lowest BCUT2D eigenvalue weighted by Crippen LogP contribution is -2.09. The van der Waals surface area contributed by atoms with Crippen LogP contribution < -0.4 is 4.74 Å². The summed E-state index contributed by atoms with van der Waals surface area (Å²) in [5.41, 5.74) is 1.09. The summed E-state index contributed by atoms with van der Waals surface area (Å²) in [5, 5.41) is 0. The fourth-order valence-electron chi connectivity index (χ4n) is 1.15. The standard InChI is InChI=1S/C15H16O3/c1-4-6-7-13(5-2)17-15(16)18-14-10-8-12(3)9-11-14/h4-11H,2H2,1,3H3/b6-4-,13-7+. The minimum atomic E-state index is -0.783. The van der Waals surface area contributed by atoms with Gasteiger partial charge >= 0.3 is 6.16 Å². The molecule has 0 N–H and O–H groups in total. The van der Waals surface area contributed by atoms with Crippen molar-refractivity contribution in [3.8, 4) is 5.75 Å². The van der Waals surface area contributed by atoms with Gasteiger partial charge in [-0.3, -0.25) is 0 Å². The summed E-state index contributed by atoms with van der Waals surface area (Å²) in [4.78, 5) is 11.5. The zero-order valence-corrected chi connectivity index (χ0v) is 10.6. The second kappa shape index (κ2) is 7.12. The molecule has 94 valence electrons. The Kier molecular flexibility index (Phi) is 5.45. The third-order valence-electron chi connectivity index (χ3n) is 2.08. The maximum absolute atomic E-state index is 11.5. The minimum Gasteiger partial charge on any atom is -0.395 e. The van der Waals surface area contributed by atoms with Crippen molar-refractivity contribution < 1.29 is 14.3 Å². The van der Waals surface area contributed by atoms with Crippen LogP contribution in [0.2, 0.25) is 0 Å². The highest BCUT2D eigenvalue weighted by Crippen LogP contribution is 2.13. The van der Waals surface area contributed by atoms with E-state index in [0.29, 0.717) is 11.5 Å². The average Bonchev–Trinajstić information content (AvgIpc) is 2.37. The van der Waals surface area contributed by atoms with Gasteiger partial charge in [-0.1, -0.05) is 36.4 Å². The van der Waals surface area contributed by atoms with Gasteiger partial charge in [0, 0.05) is 0 Å². The number of ether oxygens (including phenoxy) is 2. The molecule has 0 spiro atoms. The first-order chi connectivity index (χ1) is 8.65. The number of carbonyl (C=O) groups excluding carboxylic acids is 1. The largest absolute Gasteiger partial charge is 0.519 e. The minimum absolute atomic E-state index is 0.338. The third-order valence-corrected chi connectivity index (χ3v) is 2.08. The number of allylic oxidation sites excluding steroid dienone is 4. The fourth-order valence-corrected chi connectivity index (χ4v) is 1.15. The first-order valence-electron chi connectivity index (χ1n) is 5.57. The second-order valence-corrected chi connectivity index (χ2v) is 3.57. The van der Waals surface area contributed by atoms with Crippen LogP contribution in [0.4, 0.5) is 4.79 Å². The lowest BCUT2D eigenvalue weighted by Gasteiger charge is -2.05. The molecule has 0 amide bonds. The molecule has 0 unspecified atom stereocenters. The van der Waals surface area contributed by atoms with E-state index in [9.17, 15) is 4.79 Å². The van der Waals surface area contributed by atoms with E-state index in [-0.39, 0.29) is 0 Å². The van der Waals surface area contributed by atoms with Gasteiger partial charge in [-0.2, -0.15) is 0 Å². The Morgan fingerprint density at radius 2 is 1.94 bits per heavy atom. The molecule has 0 atom stereocenters. The first-order valence-corrected chi connectivity index (χ1v) is 5.57. The SMILES string of the molecule is C=C/C(=C\C=C/C)OC(=O)Oc1ccc(C)cc1. The Bertz CT molecular complexity index is 467. The fraction of sp³-hybridized carbons (Fsp3) is 0.133. The van der Waals surface area contributed by atoms with Crippen molar-refractivity contribution in [3.05, 3.63) is 66.5 Å². The van der Waals surface area contributed by atoms with Crippen LogP contribution in [0.25, 0.3) is 0 Å². The summed E-state index contributed by atoms with van der Waals surface area (Å²) in [6.45, 7) is 7.37. The second-order valence-electron chi connectivity index (χ2n) is 3.57. The van der Waals surface area contributed by atoms with Crippen LogP contribution in [-0.4, -0.2) is 6.16 Å². The number of hydrogen-bond donors (Lipinski definition) is 0. The average molecular weight is 244 g/mol. The van der Waals surface area contributed by atoms with Gasteiger partial charge in [0.1, 0.15) is 11.5 Å². The van der Waals surface area contributed by atoms with E-state index in [4.69, 9.17) is 9.47 Å². The zero-order valence-electron chi connectivity index (χ0n) is 10.6. The van der Waals surface area contributed by atoms with Crippen LogP contribution in [-0.2, 0) is 4.74 Å². The van der Waals surface area contributed by atoms with Crippen molar-refractivity contribution in [1.29, 1.82) is 0 Å². The van der Waals surface area contributed by atoms with Crippen molar-refractivity contribution in [2.24, 2.45) is 0 Å². The molecule has 18 heavy (non-hydrogen) atoms. The normalized spacial score (nSPS) is 11.3. The summed E-state index contributed by atoms with van der Waals surface area (Å²) < 4.78 is 9.97. The van der Waals surface area contributed by atoms with Gasteiger partial charge in [0.05, 0.1) is 0 Å². The van der Waals surface area contributed by atoms with Crippen molar-refractivity contribution >= 4 is 6.16 Å². The summed E-state index contributed by atoms with van der Waals surface area (Å²) >= 11 is 0. The monoisotopic (exact) mass is 244 g/mol. The van der Waals surface area contributed by atoms with E-state index in [1.807, 2.05) is 32.1 Å². The zero-order chi connectivity index (χ0) is 13.4. The van der Waals surface area contributed by atoms with Crippen LogP contribution >= 0.6 is 0 Å². The molecule has 3 nitrogen and oxygen atoms in total. The van der Waals surface area contributed by atoms with Crippen molar-refractivity contribution in [1.82, 2.24) is 0 Å². The number of hydrogen-bond acceptors (Lipinski definition) is 3. The Balaban J connectivity index is 2.60. The van der Waals surface area contributed by atoms with Crippen LogP contribution in [0.5, 0.6) is 5.75 Å². The van der Waals surface area contributed by atoms with Gasteiger partial charge in [-0.25, -0.2) is 4.79 Å². The van der Waals surface area contributed by atoms with E-state index < -0.39 is 6.16 Å². The quantitative estimate of drug-likeness (QED) is 0.345. The molecule has 0 aromatic heterocycles. The molecule has 0 fully saturated rings. The van der Waals surface area contributed by atoms with E-state index in [2.05, 4.69) is 6.58 Å². The molecule has 0 radical (unpaired) electrons. The van der Waals surface area contributed by atoms with E-state index in [0.717, 1.165) is 5.56 Å². The molecule has 1 aromatic rings. The highest BCUT2D eigenvalue weighted by Gasteiger charge is 2.07. The highest BCUT2D eigenvalue weighted by atomic mass is 16.7. The Labute approximate surface area is 107 Å². The van der Waals surface area contributed by atoms with Crippen molar-refractivity contribution in [2.75, 3.05) is 0 Å². The lowest BCUT2D eigenvalue weighted by atomic mass is 10.2. The van der Waals surface area contributed by atoms with Crippen molar-refractivity contribution in [2.45, 2.75) is 13.8 Å². The van der Waals surface area contributed by atoms with Crippen LogP contribution in [0, 0.1) is 6.92 Å². The molecule has 0 bridgehead atoms. The van der Waals surface area contributed by atoms with Crippen LogP contribution in [0.15, 0.2) is 60.9 Å². The Hall–Kier alpha value is -2.29. The van der Waals surface area contributed by atoms with Gasteiger partial charge < -0.3 is 9.47 Å². The predicted molar refractivity (Wildman–Crippen MR) is 71.4 cm³/mol. The van der Waals surface area contributed by atoms with Gasteiger partial charge in [0.2, 0.25) is 0 Å². The Morgan fingerprint density at radius 1 is 1.28 bits per heavy atom. The molecule has 0 saturated heterocycles. The molecule has 1 aromatic carbocycles. The van der Waals surface area contributed by atoms with Gasteiger partial charge in [0.15, 0.2) is 0 Å². The van der Waals surface area contributed by atoms with E-state index in [1.54, 1.807) is 24.3 Å². The lowest BCUT2D eigenvalue weighted by molar-refractivity contribution is 0.129. The van der Waals surface area contributed by atoms with Crippen LogP contribution in [0.3, 0.4) is 0 Å². The van der Waals surface area contributed by atoms with Crippen LogP contribution in [0.1, 0.15) is 12.5 Å². The molecule has 0 aliphatic heterocycles. The molecular weight excluding hydrogens is 228 g/mol. The molecule has 0 aliphatic carbocycles. The number of carbonyl (C=O) groups is 1. The van der Waals surface area contributed by atoms with E-state index in [1.165, 1.54) is 6.08 Å². The first kappa shape index (κ1) is 13.8. The summed E-state index contributed by atoms with van der Waals surface area (Å²) in [6, 6.07) is 7.12. The third kappa shape index (κ3) is 4.70. The summed E-state index contributed by atoms with van der Waals surface area (Å²) in [5.74, 6) is 0.783. The molecule has 0 aliphatic rings. The number of benzene rings is 1. The highest BCUT2D eigenvalue weighted by molar-refractivity contribution is 5.65.